The number of rotatable bonds is 26. The molecule has 710 valence electrons. The lowest BCUT2D eigenvalue weighted by Gasteiger charge is -2.33. The Bertz CT molecular complexity index is 5010. The van der Waals surface area contributed by atoms with Crippen LogP contribution < -0.4 is 81.0 Å². The number of nitrogens with two attached hydrogens (primary N) is 3. The van der Waals surface area contributed by atoms with Gasteiger partial charge in [-0.3, -0.25) is 86.9 Å². The van der Waals surface area contributed by atoms with Crippen molar-refractivity contribution < 1.29 is 86.6 Å². The lowest BCUT2D eigenvalue weighted by Crippen LogP contribution is -2.61. The first-order chi connectivity index (χ1) is 62.5. The highest BCUT2D eigenvalue weighted by atomic mass is 32.2. The second kappa shape index (κ2) is 50.5. The van der Waals surface area contributed by atoms with E-state index in [9.17, 15) is 67.4 Å². The van der Waals surface area contributed by atoms with E-state index in [1.54, 1.807) is 105 Å². The van der Waals surface area contributed by atoms with Crippen molar-refractivity contribution in [3.8, 4) is 0 Å². The molecule has 42 nitrogen and oxygen atoms in total. The molecule has 2 aliphatic rings. The summed E-state index contributed by atoms with van der Waals surface area (Å²) in [5.41, 5.74) is 20.0. The Hall–Kier alpha value is -13.5. The first-order valence-electron chi connectivity index (χ1n) is 43.8. The highest BCUT2D eigenvalue weighted by Crippen LogP contribution is 2.25. The van der Waals surface area contributed by atoms with Crippen LogP contribution in [0.5, 0.6) is 0 Å². The Labute approximate surface area is 762 Å². The van der Waals surface area contributed by atoms with Crippen LogP contribution in [0.1, 0.15) is 134 Å². The molecule has 13 atom stereocenters. The molecule has 1 unspecified atom stereocenters. The quantitative estimate of drug-likeness (QED) is 0.0152. The maximum atomic E-state index is 15.6. The summed E-state index contributed by atoms with van der Waals surface area (Å²) < 4.78 is 0. The number of aromatic amines is 3. The number of primary amides is 2. The number of carbonyl (C=O) groups excluding carboxylic acids is 17. The Balaban J connectivity index is 1.17. The zero-order chi connectivity index (χ0) is 95.7. The molecule has 17 amide bonds. The van der Waals surface area contributed by atoms with Crippen LogP contribution in [0.3, 0.4) is 0 Å². The molecule has 43 heteroatoms. The highest BCUT2D eigenvalue weighted by molar-refractivity contribution is 8.00. The topological polar surface area (TPSA) is 630 Å². The van der Waals surface area contributed by atoms with Gasteiger partial charge in [0.1, 0.15) is 78.5 Å². The van der Waals surface area contributed by atoms with Crippen LogP contribution in [0.25, 0.3) is 21.8 Å². The van der Waals surface area contributed by atoms with E-state index < -0.39 is 223 Å². The van der Waals surface area contributed by atoms with E-state index in [1.807, 2.05) is 13.8 Å². The van der Waals surface area contributed by atoms with Gasteiger partial charge in [-0.2, -0.15) is 0 Å². The van der Waals surface area contributed by atoms with Crippen LogP contribution in [0.2, 0.25) is 0 Å². The van der Waals surface area contributed by atoms with Crippen molar-refractivity contribution in [2.24, 2.45) is 23.1 Å². The first-order valence-corrected chi connectivity index (χ1v) is 45.0. The largest absolute Gasteiger partial charge is 0.394 e. The number of hydrogen-bond donors (Lipinski definition) is 20. The third kappa shape index (κ3) is 30.6. The van der Waals surface area contributed by atoms with Gasteiger partial charge in [0.05, 0.1) is 38.2 Å². The number of aliphatic hydroxyl groups excluding tert-OH is 1. The predicted octanol–water partition coefficient (Wildman–Crippen LogP) is -2.48. The van der Waals surface area contributed by atoms with E-state index in [0.29, 0.717) is 69.9 Å². The Morgan fingerprint density at radius 3 is 1.67 bits per heavy atom. The van der Waals surface area contributed by atoms with Gasteiger partial charge in [0.15, 0.2) is 5.96 Å². The van der Waals surface area contributed by atoms with Crippen molar-refractivity contribution in [2.45, 2.75) is 216 Å². The number of aliphatic hydroxyl groups is 1. The number of H-pyrrole nitrogens is 3. The standard InChI is InChI=1S/C88H124N24O18S/c1-9-11-26-59-77(120)101-60(29-20-32-94-88(91)92)78(121)108-68(76(119)97-43-72(90)115)46-131-47-74(117)100-64(35-51-22-14-13-15-23-51)85(128)110(7)50(5)75(118)104-66(39-71(89)114)87(130)112-33-21-31-70(112)83(126)103-62(38-54-42-93-48-98-54)80(123)105-63(34-49(3)4)84(127)109(6)44-73(116)99-61(36-52-40-95-57-27-18-16-24-55(52)57)79(122)107-67(45-113)81(124)106-65(37-53-41-96-58-28-19-17-25-56(53)58)86(129)111(8)69(30-12-10-2)82(125)102-59/h13-19,22-25,27-28,40-42,48-50,59-70,95-96,113H,9-12,20-21,26,29-39,43-47H2,1-8H3,(H2,89,114)(H2,90,115)(H,93,98)(H,97,119)(H,99,116)(H,100,117)(H,101,120)(H,102,125)(H,103,126)(H,104,118)(H,105,123)(H,106,124)(H,107,122)(H,108,121)(H4,91,92,94)/t50-,59-,60-,61-,62-,63-,64-,65-,66-,67-,68-,69-,70?/m0/s1. The summed E-state index contributed by atoms with van der Waals surface area (Å²) in [5, 5.41) is 52.0. The van der Waals surface area contributed by atoms with Gasteiger partial charge in [-0.25, -0.2) is 4.98 Å². The van der Waals surface area contributed by atoms with Crippen LogP contribution in [-0.2, 0) is 107 Å². The Morgan fingerprint density at radius 1 is 0.542 bits per heavy atom. The van der Waals surface area contributed by atoms with Gasteiger partial charge in [0.25, 0.3) is 0 Å². The molecule has 0 spiro atoms. The monoisotopic (exact) mass is 1840 g/mol. The number of hydrogen-bond acceptors (Lipinski definition) is 21. The van der Waals surface area contributed by atoms with Crippen molar-refractivity contribution >= 4 is 140 Å². The number of fused-ring (bicyclic) bond motifs is 3. The number of thioether (sulfide) groups is 1. The summed E-state index contributed by atoms with van der Waals surface area (Å²) in [6.07, 6.45) is 5.93. The zero-order valence-electron chi connectivity index (χ0n) is 74.9. The van der Waals surface area contributed by atoms with E-state index in [-0.39, 0.29) is 89.6 Å². The fraction of sp³-hybridized carbons (Fsp3) is 0.511. The van der Waals surface area contributed by atoms with Gasteiger partial charge >= 0.3 is 0 Å². The second-order valence-electron chi connectivity index (χ2n) is 33.3. The molecule has 2 aliphatic heterocycles. The fourth-order valence-corrected chi connectivity index (χ4v) is 16.3. The molecule has 2 saturated heterocycles. The average Bonchev–Trinajstić information content (AvgIpc) is 1.67. The normalized spacial score (nSPS) is 23.5. The number of carbonyl (C=O) groups is 17. The van der Waals surface area contributed by atoms with Crippen LogP contribution in [0.4, 0.5) is 0 Å². The number of likely N-dealkylation sites (N-methyl/N-ethyl adjacent to an activating group) is 3. The number of benzene rings is 3. The molecule has 0 aliphatic carbocycles. The summed E-state index contributed by atoms with van der Waals surface area (Å²) in [4.78, 5) is 265. The van der Waals surface area contributed by atoms with Gasteiger partial charge in [0, 0.05) is 112 Å². The number of guanidine groups is 1. The molecule has 3 aromatic heterocycles. The van der Waals surface area contributed by atoms with E-state index in [0.717, 1.165) is 31.4 Å². The maximum absolute atomic E-state index is 15.6. The number of aromatic nitrogens is 4. The molecule has 3 aromatic carbocycles. The van der Waals surface area contributed by atoms with E-state index >= 15 is 19.2 Å². The number of nitrogens with zero attached hydrogens (tertiary/aromatic N) is 5. The number of imidazole rings is 1. The van der Waals surface area contributed by atoms with Gasteiger partial charge in [-0.1, -0.05) is 120 Å². The third-order valence-corrected chi connectivity index (χ3v) is 23.7. The second-order valence-corrected chi connectivity index (χ2v) is 34.3. The molecule has 0 bridgehead atoms. The summed E-state index contributed by atoms with van der Waals surface area (Å²) in [6.45, 7) is 5.90. The minimum absolute atomic E-state index is 0.000192. The first kappa shape index (κ1) is 103. The Kier molecular flexibility index (Phi) is 39.6. The number of para-hydroxylation sites is 2. The number of unbranched alkanes of at least 4 members (excludes halogenated alkanes) is 2. The molecule has 0 radical (unpaired) electrons. The van der Waals surface area contributed by atoms with Crippen molar-refractivity contribution in [3.05, 3.63) is 126 Å². The van der Waals surface area contributed by atoms with Crippen LogP contribution in [0, 0.1) is 11.3 Å². The van der Waals surface area contributed by atoms with Crippen molar-refractivity contribution in [1.29, 1.82) is 5.41 Å². The molecule has 6 aromatic rings. The lowest BCUT2D eigenvalue weighted by atomic mass is 10.0. The van der Waals surface area contributed by atoms with Gasteiger partial charge in [0.2, 0.25) is 100 Å². The predicted molar refractivity (Wildman–Crippen MR) is 485 cm³/mol. The molecule has 0 saturated carbocycles. The molecule has 5 heterocycles. The van der Waals surface area contributed by atoms with Crippen molar-refractivity contribution in [2.75, 3.05) is 65.4 Å². The minimum Gasteiger partial charge on any atom is -0.394 e. The molecule has 8 rings (SSSR count). The summed E-state index contributed by atoms with van der Waals surface area (Å²) in [5.74, 6) is -17.3. The summed E-state index contributed by atoms with van der Waals surface area (Å²) in [7, 11) is 3.87. The van der Waals surface area contributed by atoms with Gasteiger partial charge in [-0.05, 0) is 86.6 Å². The zero-order valence-corrected chi connectivity index (χ0v) is 75.7. The van der Waals surface area contributed by atoms with Crippen LogP contribution in [0.15, 0.2) is 104 Å². The minimum atomic E-state index is -1.85. The highest BCUT2D eigenvalue weighted by Gasteiger charge is 2.43. The summed E-state index contributed by atoms with van der Waals surface area (Å²) in [6, 6.07) is 2.81. The molecule has 2 fully saturated rings. The third-order valence-electron chi connectivity index (χ3n) is 22.7. The summed E-state index contributed by atoms with van der Waals surface area (Å²) >= 11 is 0.791. The molecular formula is C88H124N24O18S. The Morgan fingerprint density at radius 2 is 1.07 bits per heavy atom. The van der Waals surface area contributed by atoms with Gasteiger partial charge < -0.3 is 121 Å². The number of nitrogens with one attached hydrogen (secondary N) is 16. The smallest absolute Gasteiger partial charge is 0.246 e. The SMILES string of the molecule is CCCC[C@@H]1NC(=O)[C@H](CCCC)N(C)C(=O)[C@H](Cc2c[nH]c3ccccc23)NC(=O)[C@H](CO)NC(=O)[C@H](Cc2c[nH]c3ccccc23)NC(=O)CN(C)C(=O)[C@H](CC(C)C)NC(=O)[C@H](Cc2cnc[nH]2)NC(=O)C2CCCN2C(=O)[C@H](CC(N)=O)NC(=O)[C@H](C)N(C)C(=O)[C@H](Cc2ccccc2)NC(=O)CSC[C@@H](C(=O)NCC(N)=O)NC(=O)[C@H](CCCNC(=N)N)NC1=O. The maximum Gasteiger partial charge on any atom is 0.246 e. The number of amides is 17. The van der Waals surface area contributed by atoms with E-state index in [2.05, 4.69) is 83.7 Å². The molecular weight excluding hydrogens is 1710 g/mol. The molecule has 131 heavy (non-hydrogen) atoms. The molecule has 23 N–H and O–H groups in total. The lowest BCUT2D eigenvalue weighted by molar-refractivity contribution is -0.145. The van der Waals surface area contributed by atoms with Gasteiger partial charge in [-0.15, -0.1) is 11.8 Å². The van der Waals surface area contributed by atoms with Crippen LogP contribution in [-0.4, -0.2) is 295 Å². The van der Waals surface area contributed by atoms with Crippen LogP contribution >= 0.6 is 11.8 Å². The fourth-order valence-electron chi connectivity index (χ4n) is 15.5. The average molecular weight is 1840 g/mol. The van der Waals surface area contributed by atoms with E-state index in [4.69, 9.17) is 22.6 Å². The van der Waals surface area contributed by atoms with Crippen molar-refractivity contribution in [3.63, 3.8) is 0 Å². The van der Waals surface area contributed by atoms with E-state index in [1.165, 1.54) is 40.6 Å². The van der Waals surface area contributed by atoms with Crippen molar-refractivity contribution in [1.82, 2.24) is 103 Å².